The number of hydrogen-bond acceptors (Lipinski definition) is 2. The lowest BCUT2D eigenvalue weighted by Crippen LogP contribution is -2.31. The molecule has 0 fully saturated rings. The largest absolute Gasteiger partial charge is 0.480 e. The molecule has 1 atom stereocenters. The van der Waals surface area contributed by atoms with Gasteiger partial charge in [-0.2, -0.15) is 13.2 Å². The van der Waals surface area contributed by atoms with Gasteiger partial charge in [0.05, 0.1) is 0 Å². The van der Waals surface area contributed by atoms with E-state index in [2.05, 4.69) is 0 Å². The van der Waals surface area contributed by atoms with Crippen molar-refractivity contribution in [3.8, 4) is 0 Å². The number of rotatable bonds is 5. The van der Waals surface area contributed by atoms with Crippen molar-refractivity contribution in [1.82, 2.24) is 0 Å². The number of benzene rings is 1. The van der Waals surface area contributed by atoms with Crippen LogP contribution >= 0.6 is 0 Å². The molecule has 0 spiro atoms. The second-order valence-electron chi connectivity index (χ2n) is 3.93. The molecule has 1 unspecified atom stereocenters. The lowest BCUT2D eigenvalue weighted by molar-refractivity contribution is -0.144. The maximum Gasteiger partial charge on any atom is 0.389 e. The average molecular weight is 301 g/mol. The Kier molecular flexibility index (Phi) is 4.85. The summed E-state index contributed by atoms with van der Waals surface area (Å²) in [5.74, 6) is -5.80. The fourth-order valence-electron chi connectivity index (χ4n) is 1.42. The van der Waals surface area contributed by atoms with Gasteiger partial charge in [0.25, 0.3) is 0 Å². The Balaban J connectivity index is 2.89. The van der Waals surface area contributed by atoms with E-state index in [1.807, 2.05) is 0 Å². The number of carbonyl (C=O) groups is 1. The Morgan fingerprint density at radius 3 is 2.10 bits per heavy atom. The van der Waals surface area contributed by atoms with Gasteiger partial charge in [0.2, 0.25) is 0 Å². The molecule has 0 aliphatic rings. The molecule has 0 aliphatic carbocycles. The topological polar surface area (TPSA) is 49.3 Å². The third-order valence-electron chi connectivity index (χ3n) is 2.34. The number of carboxylic acid groups (broad SMARTS) is 1. The Morgan fingerprint density at radius 2 is 1.70 bits per heavy atom. The van der Waals surface area contributed by atoms with E-state index < -0.39 is 54.2 Å². The molecule has 1 rings (SSSR count). The minimum absolute atomic E-state index is 0.286. The number of aliphatic carboxylic acids is 1. The van der Waals surface area contributed by atoms with Crippen molar-refractivity contribution in [1.29, 1.82) is 0 Å². The summed E-state index contributed by atoms with van der Waals surface area (Å²) in [6.07, 6.45) is -6.97. The average Bonchev–Trinajstić information content (AvgIpc) is 2.24. The van der Waals surface area contributed by atoms with Gasteiger partial charge < -0.3 is 10.4 Å². The summed E-state index contributed by atoms with van der Waals surface area (Å²) >= 11 is 0. The highest BCUT2D eigenvalue weighted by Crippen LogP contribution is 2.25. The van der Waals surface area contributed by atoms with Gasteiger partial charge in [0.15, 0.2) is 11.6 Å². The van der Waals surface area contributed by atoms with Crippen molar-refractivity contribution in [2.75, 3.05) is 5.32 Å². The lowest BCUT2D eigenvalue weighted by atomic mass is 10.1. The normalized spacial score (nSPS) is 13.1. The molecule has 0 amide bonds. The lowest BCUT2D eigenvalue weighted by Gasteiger charge is -2.17. The van der Waals surface area contributed by atoms with Gasteiger partial charge in [-0.25, -0.2) is 18.0 Å². The molecule has 1 aromatic rings. The van der Waals surface area contributed by atoms with E-state index in [0.717, 1.165) is 0 Å². The van der Waals surface area contributed by atoms with Crippen LogP contribution in [0.2, 0.25) is 0 Å². The summed E-state index contributed by atoms with van der Waals surface area (Å²) in [5.41, 5.74) is -0.985. The molecule has 9 heteroatoms. The molecule has 3 nitrogen and oxygen atoms in total. The minimum Gasteiger partial charge on any atom is -0.480 e. The van der Waals surface area contributed by atoms with Crippen molar-refractivity contribution in [3.63, 3.8) is 0 Å². The number of alkyl halides is 3. The molecule has 0 aliphatic heterocycles. The van der Waals surface area contributed by atoms with Gasteiger partial charge in [-0.3, -0.25) is 0 Å². The van der Waals surface area contributed by atoms with Crippen LogP contribution in [0, 0.1) is 17.5 Å². The molecule has 2 N–H and O–H groups in total. The second-order valence-corrected chi connectivity index (χ2v) is 3.93. The molecule has 0 saturated carbocycles. The first kappa shape index (κ1) is 16.1. The minimum atomic E-state index is -4.60. The van der Waals surface area contributed by atoms with E-state index in [0.29, 0.717) is 0 Å². The molecule has 20 heavy (non-hydrogen) atoms. The zero-order valence-electron chi connectivity index (χ0n) is 9.77. The van der Waals surface area contributed by atoms with Crippen LogP contribution < -0.4 is 5.32 Å². The number of halogens is 6. The van der Waals surface area contributed by atoms with E-state index in [1.165, 1.54) is 0 Å². The first-order valence-electron chi connectivity index (χ1n) is 5.31. The highest BCUT2D eigenvalue weighted by molar-refractivity contribution is 5.77. The van der Waals surface area contributed by atoms with Crippen LogP contribution in [0.1, 0.15) is 12.8 Å². The third kappa shape index (κ3) is 4.63. The van der Waals surface area contributed by atoms with Gasteiger partial charge in [0, 0.05) is 18.6 Å². The Bertz CT molecular complexity index is 479. The first-order valence-corrected chi connectivity index (χ1v) is 5.31. The second kappa shape index (κ2) is 6.02. The van der Waals surface area contributed by atoms with Crippen LogP contribution in [0.25, 0.3) is 0 Å². The van der Waals surface area contributed by atoms with E-state index in [-0.39, 0.29) is 12.1 Å². The van der Waals surface area contributed by atoms with Gasteiger partial charge in [-0.05, 0) is 6.42 Å². The maximum atomic E-state index is 13.3. The third-order valence-corrected chi connectivity index (χ3v) is 2.34. The van der Waals surface area contributed by atoms with Gasteiger partial charge in [-0.1, -0.05) is 0 Å². The highest BCUT2D eigenvalue weighted by atomic mass is 19.4. The van der Waals surface area contributed by atoms with Gasteiger partial charge in [0.1, 0.15) is 17.5 Å². The summed E-state index contributed by atoms with van der Waals surface area (Å²) in [4.78, 5) is 10.8. The molecule has 0 saturated heterocycles. The van der Waals surface area contributed by atoms with Crippen molar-refractivity contribution in [2.24, 2.45) is 0 Å². The molecule has 1 aromatic carbocycles. The predicted molar refractivity (Wildman–Crippen MR) is 56.7 cm³/mol. The highest BCUT2D eigenvalue weighted by Gasteiger charge is 2.31. The zero-order valence-corrected chi connectivity index (χ0v) is 9.77. The maximum absolute atomic E-state index is 13.3. The SMILES string of the molecule is O=C(O)C(CCC(F)(F)F)Nc1c(F)cc(F)cc1F. The van der Waals surface area contributed by atoms with Crippen LogP contribution in [0.3, 0.4) is 0 Å². The van der Waals surface area contributed by atoms with E-state index in [4.69, 9.17) is 5.11 Å². The molecule has 0 bridgehead atoms. The summed E-state index contributed by atoms with van der Waals surface area (Å²) in [6, 6.07) is -1.28. The monoisotopic (exact) mass is 301 g/mol. The molecular formula is C11H9F6NO2. The fourth-order valence-corrected chi connectivity index (χ4v) is 1.42. The summed E-state index contributed by atoms with van der Waals surface area (Å²) in [6.45, 7) is 0. The molecule has 0 aromatic heterocycles. The number of hydrogen-bond donors (Lipinski definition) is 2. The van der Waals surface area contributed by atoms with Gasteiger partial charge in [-0.15, -0.1) is 0 Å². The first-order chi connectivity index (χ1) is 9.10. The van der Waals surface area contributed by atoms with Crippen molar-refractivity contribution < 1.29 is 36.2 Å². The quantitative estimate of drug-likeness (QED) is 0.820. The Labute approximate surface area is 109 Å². The van der Waals surface area contributed by atoms with Crippen molar-refractivity contribution in [3.05, 3.63) is 29.6 Å². The predicted octanol–water partition coefficient (Wildman–Crippen LogP) is 3.31. The number of anilines is 1. The summed E-state index contributed by atoms with van der Waals surface area (Å²) in [5, 5.41) is 10.5. The Morgan fingerprint density at radius 1 is 1.20 bits per heavy atom. The zero-order chi connectivity index (χ0) is 15.5. The van der Waals surface area contributed by atoms with E-state index in [9.17, 15) is 31.1 Å². The number of nitrogens with one attached hydrogen (secondary N) is 1. The van der Waals surface area contributed by atoms with E-state index in [1.54, 1.807) is 5.32 Å². The van der Waals surface area contributed by atoms with E-state index >= 15 is 0 Å². The summed E-state index contributed by atoms with van der Waals surface area (Å²) in [7, 11) is 0. The van der Waals surface area contributed by atoms with Crippen LogP contribution in [-0.4, -0.2) is 23.3 Å². The van der Waals surface area contributed by atoms with Crippen LogP contribution in [0.4, 0.5) is 32.0 Å². The molecule has 0 heterocycles. The van der Waals surface area contributed by atoms with Crippen molar-refractivity contribution >= 4 is 11.7 Å². The van der Waals surface area contributed by atoms with Gasteiger partial charge >= 0.3 is 12.1 Å². The van der Waals surface area contributed by atoms with Crippen LogP contribution in [0.15, 0.2) is 12.1 Å². The fraction of sp³-hybridized carbons (Fsp3) is 0.364. The molecule has 0 radical (unpaired) electrons. The smallest absolute Gasteiger partial charge is 0.389 e. The van der Waals surface area contributed by atoms with Crippen molar-refractivity contribution in [2.45, 2.75) is 25.1 Å². The summed E-state index contributed by atoms with van der Waals surface area (Å²) < 4.78 is 75.2. The van der Waals surface area contributed by atoms with Crippen LogP contribution in [0.5, 0.6) is 0 Å². The molecule has 112 valence electrons. The Hall–Kier alpha value is -1.93. The standard InChI is InChI=1S/C11H9F6NO2/c12-5-3-6(13)9(7(14)4-5)18-8(10(19)20)1-2-11(15,16)17/h3-4,8,18H,1-2H2,(H,19,20). The van der Waals surface area contributed by atoms with Crippen LogP contribution in [-0.2, 0) is 4.79 Å². The number of carboxylic acids is 1. The molecular weight excluding hydrogens is 292 g/mol.